The van der Waals surface area contributed by atoms with Gasteiger partial charge in [-0.25, -0.2) is 8.42 Å². The summed E-state index contributed by atoms with van der Waals surface area (Å²) < 4.78 is 32.3. The second-order valence-electron chi connectivity index (χ2n) is 8.65. The van der Waals surface area contributed by atoms with E-state index in [1.807, 2.05) is 26.8 Å². The van der Waals surface area contributed by atoms with Crippen LogP contribution < -0.4 is 10.1 Å². The molecule has 0 aliphatic rings. The first kappa shape index (κ1) is 28.6. The van der Waals surface area contributed by atoms with Crippen LogP contribution in [0.15, 0.2) is 53.4 Å². The third kappa shape index (κ3) is 7.95. The normalized spacial score (nSPS) is 12.5. The van der Waals surface area contributed by atoms with Crippen molar-refractivity contribution in [3.63, 3.8) is 0 Å². The average molecular weight is 524 g/mol. The van der Waals surface area contributed by atoms with Crippen LogP contribution >= 0.6 is 11.6 Å². The number of rotatable bonds is 12. The van der Waals surface area contributed by atoms with E-state index in [1.165, 1.54) is 36.2 Å². The van der Waals surface area contributed by atoms with Gasteiger partial charge in [-0.3, -0.25) is 9.59 Å². The fourth-order valence-corrected chi connectivity index (χ4v) is 4.71. The molecule has 0 radical (unpaired) electrons. The lowest BCUT2D eigenvalue weighted by molar-refractivity contribution is -0.141. The van der Waals surface area contributed by atoms with Crippen LogP contribution in [0.1, 0.15) is 32.8 Å². The highest BCUT2D eigenvalue weighted by molar-refractivity contribution is 7.89. The van der Waals surface area contributed by atoms with Crippen molar-refractivity contribution in [1.82, 2.24) is 14.5 Å². The summed E-state index contributed by atoms with van der Waals surface area (Å²) in [5, 5.41) is 3.30. The Bertz CT molecular complexity index is 1110. The lowest BCUT2D eigenvalue weighted by Gasteiger charge is -2.32. The summed E-state index contributed by atoms with van der Waals surface area (Å²) >= 11 is 5.88. The van der Waals surface area contributed by atoms with E-state index in [2.05, 4.69) is 5.32 Å². The molecule has 10 heteroatoms. The van der Waals surface area contributed by atoms with Crippen LogP contribution in [0.25, 0.3) is 0 Å². The van der Waals surface area contributed by atoms with Crippen molar-refractivity contribution >= 4 is 33.4 Å². The summed E-state index contributed by atoms with van der Waals surface area (Å²) in [6.07, 6.45) is 0.368. The summed E-state index contributed by atoms with van der Waals surface area (Å²) in [4.78, 5) is 27.9. The van der Waals surface area contributed by atoms with E-state index in [0.29, 0.717) is 23.7 Å². The number of halogens is 1. The second kappa shape index (κ2) is 12.9. The van der Waals surface area contributed by atoms with Gasteiger partial charge in [-0.15, -0.1) is 0 Å². The number of hydrogen-bond acceptors (Lipinski definition) is 5. The zero-order chi connectivity index (χ0) is 26.2. The first-order valence-electron chi connectivity index (χ1n) is 11.4. The Hall–Kier alpha value is -2.62. The van der Waals surface area contributed by atoms with Gasteiger partial charge in [-0.05, 0) is 54.3 Å². The van der Waals surface area contributed by atoms with Crippen LogP contribution in [0.2, 0.25) is 5.02 Å². The number of likely N-dealkylation sites (N-methyl/N-ethyl adjacent to an activating group) is 1. The van der Waals surface area contributed by atoms with Crippen LogP contribution in [-0.2, 0) is 26.2 Å². The number of ether oxygens (including phenoxy) is 1. The number of benzene rings is 2. The Morgan fingerprint density at radius 2 is 1.77 bits per heavy atom. The molecule has 2 aromatic carbocycles. The van der Waals surface area contributed by atoms with E-state index in [0.717, 1.165) is 9.87 Å². The monoisotopic (exact) mass is 523 g/mol. The van der Waals surface area contributed by atoms with Gasteiger partial charge in [0, 0.05) is 25.2 Å². The second-order valence-corrected chi connectivity index (χ2v) is 11.1. The third-order valence-corrected chi connectivity index (χ3v) is 7.51. The fraction of sp³-hybridized carbons (Fsp3) is 0.440. The van der Waals surface area contributed by atoms with Gasteiger partial charge in [0.15, 0.2) is 0 Å². The topological polar surface area (TPSA) is 96.0 Å². The molecule has 0 heterocycles. The average Bonchev–Trinajstić information content (AvgIpc) is 2.82. The minimum absolute atomic E-state index is 0.0262. The summed E-state index contributed by atoms with van der Waals surface area (Å²) in [5.74, 6) is 0.101. The van der Waals surface area contributed by atoms with Gasteiger partial charge in [0.25, 0.3) is 0 Å². The Balaban J connectivity index is 2.33. The van der Waals surface area contributed by atoms with Gasteiger partial charge in [0.05, 0.1) is 18.6 Å². The SMILES string of the molecule is CCC(C(=O)NCC(C)C)N(Cc1cccc(OC)c1)C(=O)CN(C)S(=O)(=O)c1ccc(Cl)cc1. The van der Waals surface area contributed by atoms with Crippen molar-refractivity contribution in [2.75, 3.05) is 27.2 Å². The Kier molecular flexibility index (Phi) is 10.5. The molecule has 2 aromatic rings. The van der Waals surface area contributed by atoms with Gasteiger partial charge in [-0.2, -0.15) is 4.31 Å². The van der Waals surface area contributed by atoms with Crippen LogP contribution in [0.4, 0.5) is 0 Å². The van der Waals surface area contributed by atoms with E-state index in [4.69, 9.17) is 16.3 Å². The van der Waals surface area contributed by atoms with Crippen LogP contribution in [-0.4, -0.2) is 62.7 Å². The number of amides is 2. The quantitative estimate of drug-likeness (QED) is 0.459. The number of nitrogens with zero attached hydrogens (tertiary/aromatic N) is 2. The van der Waals surface area contributed by atoms with Crippen LogP contribution in [0, 0.1) is 5.92 Å². The number of methoxy groups -OCH3 is 1. The zero-order valence-electron chi connectivity index (χ0n) is 20.8. The van der Waals surface area contributed by atoms with Crippen LogP contribution in [0.5, 0.6) is 5.75 Å². The van der Waals surface area contributed by atoms with Crippen molar-refractivity contribution in [1.29, 1.82) is 0 Å². The molecule has 2 amide bonds. The van der Waals surface area contributed by atoms with Crippen LogP contribution in [0.3, 0.4) is 0 Å². The van der Waals surface area contributed by atoms with E-state index in [9.17, 15) is 18.0 Å². The summed E-state index contributed by atoms with van der Waals surface area (Å²) in [6, 6.07) is 12.2. The highest BCUT2D eigenvalue weighted by Crippen LogP contribution is 2.20. The molecule has 0 fully saturated rings. The smallest absolute Gasteiger partial charge is 0.243 e. The first-order valence-corrected chi connectivity index (χ1v) is 13.2. The van der Waals surface area contributed by atoms with E-state index in [-0.39, 0.29) is 23.3 Å². The van der Waals surface area contributed by atoms with E-state index >= 15 is 0 Å². The molecule has 8 nitrogen and oxygen atoms in total. The maximum atomic E-state index is 13.5. The number of hydrogen-bond donors (Lipinski definition) is 1. The highest BCUT2D eigenvalue weighted by atomic mass is 35.5. The predicted molar refractivity (Wildman–Crippen MR) is 137 cm³/mol. The van der Waals surface area contributed by atoms with Crippen molar-refractivity contribution in [3.05, 3.63) is 59.1 Å². The molecular weight excluding hydrogens is 490 g/mol. The Morgan fingerprint density at radius 1 is 1.11 bits per heavy atom. The molecule has 1 atom stereocenters. The number of sulfonamides is 1. The molecule has 2 rings (SSSR count). The van der Waals surface area contributed by atoms with E-state index in [1.54, 1.807) is 25.3 Å². The van der Waals surface area contributed by atoms with Crippen molar-refractivity contribution in [2.45, 2.75) is 44.7 Å². The minimum atomic E-state index is -3.94. The number of carbonyl (C=O) groups excluding carboxylic acids is 2. The maximum Gasteiger partial charge on any atom is 0.243 e. The van der Waals surface area contributed by atoms with Crippen molar-refractivity contribution < 1.29 is 22.7 Å². The molecule has 1 N–H and O–H groups in total. The summed E-state index contributed by atoms with van der Waals surface area (Å²) in [5.41, 5.74) is 0.760. The van der Waals surface area contributed by atoms with Crippen molar-refractivity contribution in [2.24, 2.45) is 5.92 Å². The highest BCUT2D eigenvalue weighted by Gasteiger charge is 2.31. The standard InChI is InChI=1S/C25H34ClN3O5S/c1-6-23(25(31)27-15-18(2)3)29(16-19-8-7-9-21(14-19)34-5)24(30)17-28(4)35(32,33)22-12-10-20(26)11-13-22/h7-14,18,23H,6,15-17H2,1-5H3,(H,27,31). The lowest BCUT2D eigenvalue weighted by Crippen LogP contribution is -2.52. The van der Waals surface area contributed by atoms with Gasteiger partial charge in [0.1, 0.15) is 11.8 Å². The summed E-state index contributed by atoms with van der Waals surface area (Å²) in [6.45, 7) is 5.95. The molecule has 192 valence electrons. The summed E-state index contributed by atoms with van der Waals surface area (Å²) in [7, 11) is -1.05. The molecule has 0 aliphatic heterocycles. The molecule has 1 unspecified atom stereocenters. The molecule has 0 saturated heterocycles. The Labute approximate surface area is 213 Å². The molecule has 0 bridgehead atoms. The fourth-order valence-electron chi connectivity index (χ4n) is 3.46. The number of carbonyl (C=O) groups is 2. The molecule has 0 aliphatic carbocycles. The Morgan fingerprint density at radius 3 is 2.34 bits per heavy atom. The maximum absolute atomic E-state index is 13.5. The zero-order valence-corrected chi connectivity index (χ0v) is 22.4. The molecule has 35 heavy (non-hydrogen) atoms. The van der Waals surface area contributed by atoms with E-state index < -0.39 is 28.5 Å². The largest absolute Gasteiger partial charge is 0.497 e. The molecule has 0 aromatic heterocycles. The number of nitrogens with one attached hydrogen (secondary N) is 1. The first-order chi connectivity index (χ1) is 16.5. The van der Waals surface area contributed by atoms with Gasteiger partial charge in [0.2, 0.25) is 21.8 Å². The van der Waals surface area contributed by atoms with Crippen molar-refractivity contribution in [3.8, 4) is 5.75 Å². The predicted octanol–water partition coefficient (Wildman–Crippen LogP) is 3.55. The minimum Gasteiger partial charge on any atom is -0.497 e. The van der Waals surface area contributed by atoms with Gasteiger partial charge in [-0.1, -0.05) is 44.5 Å². The molecule has 0 saturated carbocycles. The van der Waals surface area contributed by atoms with Gasteiger partial charge >= 0.3 is 0 Å². The third-order valence-electron chi connectivity index (χ3n) is 5.44. The molecular formula is C25H34ClN3O5S. The van der Waals surface area contributed by atoms with Gasteiger partial charge < -0.3 is 15.0 Å². The molecule has 0 spiro atoms. The lowest BCUT2D eigenvalue weighted by atomic mass is 10.1.